The summed E-state index contributed by atoms with van der Waals surface area (Å²) < 4.78 is 0. The second kappa shape index (κ2) is 5.01. The first-order chi connectivity index (χ1) is 7.87. The molecule has 0 amide bonds. The highest BCUT2D eigenvalue weighted by Crippen LogP contribution is 2.60. The largest absolute Gasteiger partial charge is 0.242 e. The third-order valence-electron chi connectivity index (χ3n) is 5.00. The lowest BCUT2D eigenvalue weighted by Crippen LogP contribution is -2.67. The van der Waals surface area contributed by atoms with Crippen LogP contribution in [0, 0.1) is 0 Å². The number of rotatable bonds is 1. The van der Waals surface area contributed by atoms with Crippen LogP contribution in [-0.4, -0.2) is 15.9 Å². The van der Waals surface area contributed by atoms with Crippen molar-refractivity contribution in [3.63, 3.8) is 0 Å². The van der Waals surface area contributed by atoms with Crippen molar-refractivity contribution >= 4 is 15.9 Å². The Morgan fingerprint density at radius 1 is 0.526 bits per heavy atom. The average molecular weight is 300 g/mol. The maximum absolute atomic E-state index is 2.71. The SMILES string of the molecule is CC(C)(C)[Si-](C(C)(C)C)[Si](C)(C(C)(C)C)C(C)(C)C. The Morgan fingerprint density at radius 3 is 0.789 bits per heavy atom. The van der Waals surface area contributed by atoms with E-state index in [1.807, 2.05) is 0 Å². The summed E-state index contributed by atoms with van der Waals surface area (Å²) in [4.78, 5) is 0. The van der Waals surface area contributed by atoms with Gasteiger partial charge in [0.15, 0.2) is 0 Å². The van der Waals surface area contributed by atoms with Gasteiger partial charge in [-0.2, -0.15) is 10.1 Å². The van der Waals surface area contributed by atoms with Crippen molar-refractivity contribution < 1.29 is 0 Å². The van der Waals surface area contributed by atoms with Crippen LogP contribution in [0.25, 0.3) is 0 Å². The van der Waals surface area contributed by atoms with Gasteiger partial charge in [0, 0.05) is 0 Å². The molecule has 0 saturated carbocycles. The lowest BCUT2D eigenvalue weighted by molar-refractivity contribution is 0.602. The van der Waals surface area contributed by atoms with E-state index in [-0.39, 0.29) is 0 Å². The van der Waals surface area contributed by atoms with Crippen LogP contribution in [0.1, 0.15) is 83.1 Å². The van der Waals surface area contributed by atoms with Crippen molar-refractivity contribution in [2.75, 3.05) is 0 Å². The van der Waals surface area contributed by atoms with E-state index >= 15 is 0 Å². The van der Waals surface area contributed by atoms with E-state index in [0.717, 1.165) is 0 Å². The van der Waals surface area contributed by atoms with Crippen molar-refractivity contribution in [2.45, 2.75) is 110 Å². The molecule has 0 saturated heterocycles. The minimum Gasteiger partial charge on any atom is -0.242 e. The molecule has 0 atom stereocenters. The summed E-state index contributed by atoms with van der Waals surface area (Å²) in [5.41, 5.74) is 0. The first-order valence-electron chi connectivity index (χ1n) is 7.75. The van der Waals surface area contributed by atoms with Gasteiger partial charge >= 0.3 is 0 Å². The molecule has 19 heavy (non-hydrogen) atoms. The van der Waals surface area contributed by atoms with Crippen molar-refractivity contribution in [2.24, 2.45) is 0 Å². The summed E-state index contributed by atoms with van der Waals surface area (Å²) in [6.07, 6.45) is 0. The zero-order valence-corrected chi connectivity index (χ0v) is 18.0. The minimum absolute atomic E-state index is 0.458. The van der Waals surface area contributed by atoms with Gasteiger partial charge in [-0.15, -0.1) is 0 Å². The predicted octanol–water partition coefficient (Wildman–Crippen LogP) is 6.84. The van der Waals surface area contributed by atoms with Crippen LogP contribution in [0.3, 0.4) is 0 Å². The molecule has 0 aromatic carbocycles. The molecule has 116 valence electrons. The molecule has 0 spiro atoms. The van der Waals surface area contributed by atoms with E-state index < -0.39 is 15.9 Å². The molecule has 0 aromatic rings. The molecular weight excluding hydrogens is 260 g/mol. The van der Waals surface area contributed by atoms with Crippen LogP contribution in [-0.2, 0) is 0 Å². The molecule has 0 fully saturated rings. The van der Waals surface area contributed by atoms with Crippen molar-refractivity contribution in [1.29, 1.82) is 0 Å². The predicted molar refractivity (Wildman–Crippen MR) is 96.2 cm³/mol. The lowest BCUT2D eigenvalue weighted by Gasteiger charge is -2.72. The maximum Gasteiger partial charge on any atom is -0.0653 e. The molecule has 0 rings (SSSR count). The summed E-state index contributed by atoms with van der Waals surface area (Å²) in [5.74, 6) is 0. The molecule has 0 unspecified atom stereocenters. The Bertz CT molecular complexity index is 274. The molecule has 2 heteroatoms. The van der Waals surface area contributed by atoms with Crippen LogP contribution in [0.15, 0.2) is 0 Å². The van der Waals surface area contributed by atoms with E-state index in [1.54, 1.807) is 0 Å². The van der Waals surface area contributed by atoms with E-state index in [1.165, 1.54) is 0 Å². The fourth-order valence-electron chi connectivity index (χ4n) is 4.50. The van der Waals surface area contributed by atoms with Crippen LogP contribution in [0.2, 0.25) is 26.7 Å². The summed E-state index contributed by atoms with van der Waals surface area (Å²) in [6, 6.07) is 0. The average Bonchev–Trinajstić information content (AvgIpc) is 1.92. The van der Waals surface area contributed by atoms with Crippen LogP contribution >= 0.6 is 0 Å². The highest BCUT2D eigenvalue weighted by atomic mass is 29.2. The minimum atomic E-state index is -1.45. The third kappa shape index (κ3) is 3.75. The highest BCUT2D eigenvalue weighted by molar-refractivity contribution is 7.36. The van der Waals surface area contributed by atoms with E-state index in [2.05, 4.69) is 89.6 Å². The molecule has 0 heterocycles. The first-order valence-corrected chi connectivity index (χ1v) is 12.8. The maximum atomic E-state index is 2.71. The number of hydrogen-bond donors (Lipinski definition) is 0. The molecule has 0 nitrogen and oxygen atoms in total. The van der Waals surface area contributed by atoms with Crippen LogP contribution in [0.5, 0.6) is 0 Å². The van der Waals surface area contributed by atoms with E-state index in [4.69, 9.17) is 0 Å². The van der Waals surface area contributed by atoms with Crippen LogP contribution < -0.4 is 0 Å². The van der Waals surface area contributed by atoms with Gasteiger partial charge < -0.3 is 0 Å². The van der Waals surface area contributed by atoms with Gasteiger partial charge in [-0.3, -0.25) is 0 Å². The molecule has 0 aliphatic carbocycles. The second-order valence-electron chi connectivity index (χ2n) is 10.5. The van der Waals surface area contributed by atoms with Gasteiger partial charge in [0.05, 0.1) is 0 Å². The van der Waals surface area contributed by atoms with Gasteiger partial charge in [0.2, 0.25) is 0 Å². The highest BCUT2D eigenvalue weighted by Gasteiger charge is 2.49. The normalized spacial score (nSPS) is 16.1. The van der Waals surface area contributed by atoms with Crippen molar-refractivity contribution in [3.8, 4) is 0 Å². The quantitative estimate of drug-likeness (QED) is 0.465. The second-order valence-corrected chi connectivity index (χ2v) is 24.0. The van der Waals surface area contributed by atoms with E-state index in [0.29, 0.717) is 20.2 Å². The van der Waals surface area contributed by atoms with Crippen molar-refractivity contribution in [1.82, 2.24) is 0 Å². The lowest BCUT2D eigenvalue weighted by atomic mass is 10.2. The first kappa shape index (κ1) is 19.4. The topological polar surface area (TPSA) is 0 Å². The summed E-state index contributed by atoms with van der Waals surface area (Å²) in [5, 5.41) is 1.84. The van der Waals surface area contributed by atoms with Crippen molar-refractivity contribution in [3.05, 3.63) is 0 Å². The van der Waals surface area contributed by atoms with E-state index in [9.17, 15) is 0 Å². The molecule has 0 N–H and O–H groups in total. The smallest absolute Gasteiger partial charge is 0.0653 e. The standard InChI is InChI=1S/C17H39Si2/c1-14(2,3)18(15(4,5)6)19(13,16(7,8)9)17(10,11)12/h1-13H3/q-1. The molecule has 0 radical (unpaired) electrons. The molecule has 0 aliphatic heterocycles. The zero-order chi connectivity index (χ0) is 16.1. The Kier molecular flexibility index (Phi) is 5.13. The van der Waals surface area contributed by atoms with Gasteiger partial charge in [-0.05, 0) is 0 Å². The molecule has 0 bridgehead atoms. The summed E-state index contributed by atoms with van der Waals surface area (Å²) in [7, 11) is -1.94. The van der Waals surface area contributed by atoms with Gasteiger partial charge in [0.1, 0.15) is 0 Å². The van der Waals surface area contributed by atoms with Crippen LogP contribution in [0.4, 0.5) is 0 Å². The fourth-order valence-corrected chi connectivity index (χ4v) is 27.0. The summed E-state index contributed by atoms with van der Waals surface area (Å²) in [6.45, 7) is 32.7. The molecule has 0 aromatic heterocycles. The Labute approximate surface area is 126 Å². The number of hydrogen-bond acceptors (Lipinski definition) is 0. The molecular formula is C17H39Si2-. The summed E-state index contributed by atoms with van der Waals surface area (Å²) >= 11 is 0. The monoisotopic (exact) mass is 299 g/mol. The zero-order valence-electron chi connectivity index (χ0n) is 16.0. The van der Waals surface area contributed by atoms with Gasteiger partial charge in [0.25, 0.3) is 0 Å². The molecule has 0 aliphatic rings. The Hall–Kier alpha value is 0.434. The van der Waals surface area contributed by atoms with Gasteiger partial charge in [-0.1, -0.05) is 107 Å². The third-order valence-corrected chi connectivity index (χ3v) is 27.0. The Morgan fingerprint density at radius 2 is 0.737 bits per heavy atom. The van der Waals surface area contributed by atoms with Gasteiger partial charge in [-0.25, -0.2) is 8.31 Å². The Balaban J connectivity index is 6.28. The fraction of sp³-hybridized carbons (Fsp3) is 1.00.